The molecule has 0 spiro atoms. The zero-order valence-electron chi connectivity index (χ0n) is 19.4. The Labute approximate surface area is 202 Å². The molecule has 4 rings (SSSR count). The van der Waals surface area contributed by atoms with E-state index in [9.17, 15) is 0 Å². The van der Waals surface area contributed by atoms with E-state index in [0.29, 0.717) is 0 Å². The van der Waals surface area contributed by atoms with Crippen molar-refractivity contribution in [2.75, 3.05) is 18.4 Å². The fourth-order valence-electron chi connectivity index (χ4n) is 3.57. The van der Waals surface area contributed by atoms with Gasteiger partial charge in [-0.1, -0.05) is 32.9 Å². The molecule has 0 bridgehead atoms. The minimum absolute atomic E-state index is 0. The lowest BCUT2D eigenvalue weighted by atomic mass is 9.87. The molecule has 0 unspecified atom stereocenters. The molecule has 0 aliphatic heterocycles. The maximum absolute atomic E-state index is 6.07. The summed E-state index contributed by atoms with van der Waals surface area (Å²) in [5.74, 6) is 2.57. The predicted octanol–water partition coefficient (Wildman–Crippen LogP) is 6.93. The molecule has 0 radical (unpaired) electrons. The van der Waals surface area contributed by atoms with Crippen molar-refractivity contribution in [2.45, 2.75) is 39.2 Å². The number of pyridine rings is 1. The summed E-state index contributed by atoms with van der Waals surface area (Å²) in [5.41, 5.74) is 3.42. The Bertz CT molecular complexity index is 1140. The number of halogens is 1. The third kappa shape index (κ3) is 6.73. The van der Waals surface area contributed by atoms with E-state index in [1.807, 2.05) is 48.7 Å². The van der Waals surface area contributed by atoms with Crippen molar-refractivity contribution in [1.29, 1.82) is 0 Å². The number of nitrogens with zero attached hydrogens (tertiary/aromatic N) is 1. The van der Waals surface area contributed by atoms with Crippen molar-refractivity contribution in [2.24, 2.45) is 0 Å². The Morgan fingerprint density at radius 2 is 1.73 bits per heavy atom. The molecule has 2 aromatic heterocycles. The summed E-state index contributed by atoms with van der Waals surface area (Å²) in [7, 11) is 0. The van der Waals surface area contributed by atoms with E-state index in [1.54, 1.807) is 6.26 Å². The molecule has 174 valence electrons. The van der Waals surface area contributed by atoms with Gasteiger partial charge in [0.25, 0.3) is 0 Å². The summed E-state index contributed by atoms with van der Waals surface area (Å²) in [6.07, 6.45) is 4.55. The molecule has 2 N–H and O–H groups in total. The Balaban J connectivity index is 0.00000306. The lowest BCUT2D eigenvalue weighted by Crippen LogP contribution is -2.17. The Kier molecular flexibility index (Phi) is 8.37. The number of hydrogen-bond acceptors (Lipinski definition) is 5. The second-order valence-electron chi connectivity index (χ2n) is 8.95. The van der Waals surface area contributed by atoms with Crippen molar-refractivity contribution in [3.05, 3.63) is 84.4 Å². The first-order valence-electron chi connectivity index (χ1n) is 11.1. The highest BCUT2D eigenvalue weighted by Crippen LogP contribution is 2.30. The zero-order valence-corrected chi connectivity index (χ0v) is 20.2. The van der Waals surface area contributed by atoms with Crippen LogP contribution in [0, 0.1) is 0 Å². The minimum atomic E-state index is 0. The summed E-state index contributed by atoms with van der Waals surface area (Å²) in [6, 6.07) is 20.3. The van der Waals surface area contributed by atoms with Gasteiger partial charge in [-0.15, -0.1) is 12.4 Å². The van der Waals surface area contributed by atoms with Gasteiger partial charge in [-0.25, -0.2) is 0 Å². The van der Waals surface area contributed by atoms with Gasteiger partial charge < -0.3 is 19.8 Å². The second kappa shape index (κ2) is 11.2. The molecule has 0 atom stereocenters. The minimum Gasteiger partial charge on any atom is -0.468 e. The van der Waals surface area contributed by atoms with Crippen LogP contribution in [0.2, 0.25) is 0 Å². The molecule has 6 heteroatoms. The number of rotatable bonds is 9. The molecular weight excluding hydrogens is 434 g/mol. The van der Waals surface area contributed by atoms with Crippen molar-refractivity contribution < 1.29 is 9.15 Å². The highest BCUT2D eigenvalue weighted by Gasteiger charge is 2.13. The summed E-state index contributed by atoms with van der Waals surface area (Å²) in [5, 5.41) is 8.01. The molecule has 0 aliphatic carbocycles. The van der Waals surface area contributed by atoms with Gasteiger partial charge in [0, 0.05) is 29.9 Å². The van der Waals surface area contributed by atoms with Gasteiger partial charge in [-0.2, -0.15) is 0 Å². The van der Waals surface area contributed by atoms with Crippen molar-refractivity contribution >= 4 is 29.0 Å². The number of ether oxygens (including phenoxy) is 1. The van der Waals surface area contributed by atoms with Gasteiger partial charge in [0.1, 0.15) is 17.3 Å². The zero-order chi connectivity index (χ0) is 22.4. The van der Waals surface area contributed by atoms with Gasteiger partial charge in [-0.05, 0) is 66.4 Å². The maximum Gasteiger partial charge on any atom is 0.129 e. The summed E-state index contributed by atoms with van der Waals surface area (Å²) >= 11 is 0. The molecule has 5 nitrogen and oxygen atoms in total. The van der Waals surface area contributed by atoms with Crippen LogP contribution >= 0.6 is 12.4 Å². The van der Waals surface area contributed by atoms with E-state index in [4.69, 9.17) is 9.15 Å². The first kappa shape index (κ1) is 24.6. The van der Waals surface area contributed by atoms with Gasteiger partial charge in [0.2, 0.25) is 0 Å². The van der Waals surface area contributed by atoms with Gasteiger partial charge in [0.05, 0.1) is 18.3 Å². The van der Waals surface area contributed by atoms with Crippen molar-refractivity contribution in [1.82, 2.24) is 10.3 Å². The van der Waals surface area contributed by atoms with E-state index in [1.165, 1.54) is 5.56 Å². The quantitative estimate of drug-likeness (QED) is 0.262. The van der Waals surface area contributed by atoms with Crippen LogP contribution in [0.5, 0.6) is 11.5 Å². The van der Waals surface area contributed by atoms with Crippen LogP contribution in [-0.2, 0) is 12.0 Å². The molecule has 2 heterocycles. The van der Waals surface area contributed by atoms with Crippen LogP contribution in [0.25, 0.3) is 10.9 Å². The SMILES string of the molecule is CC(C)(C)c1ccc(Oc2ccc3c(NCCCNCc4ccco4)ccnc3c2)cc1.Cl. The summed E-state index contributed by atoms with van der Waals surface area (Å²) < 4.78 is 11.4. The Hall–Kier alpha value is -3.02. The van der Waals surface area contributed by atoms with E-state index >= 15 is 0 Å². The van der Waals surface area contributed by atoms with Crippen LogP contribution in [-0.4, -0.2) is 18.1 Å². The fourth-order valence-corrected chi connectivity index (χ4v) is 3.57. The van der Waals surface area contributed by atoms with E-state index in [-0.39, 0.29) is 17.8 Å². The number of furan rings is 1. The average Bonchev–Trinajstić information content (AvgIpc) is 3.29. The lowest BCUT2D eigenvalue weighted by Gasteiger charge is -2.19. The highest BCUT2D eigenvalue weighted by molar-refractivity contribution is 5.91. The highest BCUT2D eigenvalue weighted by atomic mass is 35.5. The number of nitrogens with one attached hydrogen (secondary N) is 2. The van der Waals surface area contributed by atoms with E-state index in [2.05, 4.69) is 54.6 Å². The monoisotopic (exact) mass is 465 g/mol. The van der Waals surface area contributed by atoms with E-state index in [0.717, 1.165) is 59.9 Å². The molecule has 4 aromatic rings. The van der Waals surface area contributed by atoms with Gasteiger partial charge in [-0.3, -0.25) is 4.98 Å². The first-order valence-corrected chi connectivity index (χ1v) is 11.1. The van der Waals surface area contributed by atoms with Crippen LogP contribution < -0.4 is 15.4 Å². The van der Waals surface area contributed by atoms with Crippen LogP contribution in [0.1, 0.15) is 38.5 Å². The van der Waals surface area contributed by atoms with Crippen molar-refractivity contribution in [3.8, 4) is 11.5 Å². The second-order valence-corrected chi connectivity index (χ2v) is 8.95. The Morgan fingerprint density at radius 3 is 2.45 bits per heavy atom. The average molecular weight is 466 g/mol. The predicted molar refractivity (Wildman–Crippen MR) is 138 cm³/mol. The van der Waals surface area contributed by atoms with Gasteiger partial charge in [0.15, 0.2) is 0 Å². The number of anilines is 1. The fraction of sp³-hybridized carbons (Fsp3) is 0.296. The topological polar surface area (TPSA) is 59.3 Å². The number of benzene rings is 2. The molecular formula is C27H32ClN3O2. The molecule has 33 heavy (non-hydrogen) atoms. The Morgan fingerprint density at radius 1 is 0.939 bits per heavy atom. The normalized spacial score (nSPS) is 11.2. The standard InChI is InChI=1S/C27H31N3O2.ClH/c1-27(2,3)20-7-9-21(10-8-20)32-22-11-12-24-25(13-16-30-26(24)18-22)29-15-5-14-28-19-23-6-4-17-31-23;/h4,6-13,16-18,28H,5,14-15,19H2,1-3H3,(H,29,30);1H. The smallest absolute Gasteiger partial charge is 0.129 e. The first-order chi connectivity index (χ1) is 15.5. The lowest BCUT2D eigenvalue weighted by molar-refractivity contribution is 0.482. The molecule has 0 saturated carbocycles. The third-order valence-electron chi connectivity index (χ3n) is 5.40. The number of aromatic nitrogens is 1. The molecule has 0 aliphatic rings. The van der Waals surface area contributed by atoms with Crippen LogP contribution in [0.4, 0.5) is 5.69 Å². The molecule has 0 saturated heterocycles. The van der Waals surface area contributed by atoms with Crippen LogP contribution in [0.15, 0.2) is 77.5 Å². The van der Waals surface area contributed by atoms with E-state index < -0.39 is 0 Å². The van der Waals surface area contributed by atoms with Crippen LogP contribution in [0.3, 0.4) is 0 Å². The largest absolute Gasteiger partial charge is 0.468 e. The van der Waals surface area contributed by atoms with Gasteiger partial charge >= 0.3 is 0 Å². The molecule has 0 amide bonds. The summed E-state index contributed by atoms with van der Waals surface area (Å²) in [4.78, 5) is 4.53. The third-order valence-corrected chi connectivity index (χ3v) is 5.40. The van der Waals surface area contributed by atoms with Crippen molar-refractivity contribution in [3.63, 3.8) is 0 Å². The molecule has 2 aromatic carbocycles. The molecule has 0 fully saturated rings. The number of hydrogen-bond donors (Lipinski definition) is 2. The summed E-state index contributed by atoms with van der Waals surface area (Å²) in [6.45, 7) is 9.18. The maximum atomic E-state index is 6.07. The number of fused-ring (bicyclic) bond motifs is 1.